The molecule has 6 nitrogen and oxygen atoms in total. The van der Waals surface area contributed by atoms with E-state index in [1.807, 2.05) is 54.6 Å². The highest BCUT2D eigenvalue weighted by Gasteiger charge is 2.22. The van der Waals surface area contributed by atoms with Crippen molar-refractivity contribution in [3.8, 4) is 0 Å². The van der Waals surface area contributed by atoms with E-state index in [0.29, 0.717) is 12.1 Å². The van der Waals surface area contributed by atoms with Crippen molar-refractivity contribution in [2.45, 2.75) is 45.1 Å². The van der Waals surface area contributed by atoms with Gasteiger partial charge in [-0.3, -0.25) is 19.3 Å². The highest BCUT2D eigenvalue weighted by molar-refractivity contribution is 5.98. The Balaban J connectivity index is 1.33. The molecule has 6 heteroatoms. The zero-order valence-electron chi connectivity index (χ0n) is 18.1. The molecule has 0 radical (unpaired) electrons. The molecule has 1 aliphatic heterocycles. The number of rotatable bonds is 9. The molecule has 0 saturated carbocycles. The number of hydrogen-bond acceptors (Lipinski definition) is 4. The molecule has 2 N–H and O–H groups in total. The number of amides is 2. The molecule has 0 bridgehead atoms. The molecule has 3 rings (SSSR count). The lowest BCUT2D eigenvalue weighted by Crippen LogP contribution is -2.46. The Morgan fingerprint density at radius 1 is 0.903 bits per heavy atom. The largest absolute Gasteiger partial charge is 0.353 e. The summed E-state index contributed by atoms with van der Waals surface area (Å²) >= 11 is 0. The van der Waals surface area contributed by atoms with Crippen molar-refractivity contribution in [2.24, 2.45) is 0 Å². The number of Topliss-reactive ketones (excluding diaryl/α,β-unsaturated/α-hetero) is 1. The molecule has 2 amide bonds. The molecule has 1 heterocycles. The van der Waals surface area contributed by atoms with Crippen molar-refractivity contribution in [1.29, 1.82) is 0 Å². The fraction of sp³-hybridized carbons (Fsp3) is 0.400. The maximum atomic E-state index is 12.3. The van der Waals surface area contributed by atoms with Gasteiger partial charge in [0.15, 0.2) is 5.78 Å². The van der Waals surface area contributed by atoms with E-state index in [1.54, 1.807) is 0 Å². The third kappa shape index (κ3) is 7.33. The van der Waals surface area contributed by atoms with E-state index in [-0.39, 0.29) is 36.5 Å². The second kappa shape index (κ2) is 11.4. The van der Waals surface area contributed by atoms with Crippen LogP contribution in [0.2, 0.25) is 0 Å². The monoisotopic (exact) mass is 421 g/mol. The summed E-state index contributed by atoms with van der Waals surface area (Å²) in [5, 5.41) is 5.94. The van der Waals surface area contributed by atoms with Crippen molar-refractivity contribution in [3.63, 3.8) is 0 Å². The van der Waals surface area contributed by atoms with E-state index in [9.17, 15) is 14.4 Å². The number of aryl methyl sites for hydroxylation is 1. The molecule has 164 valence electrons. The van der Waals surface area contributed by atoms with Gasteiger partial charge < -0.3 is 10.6 Å². The van der Waals surface area contributed by atoms with Gasteiger partial charge in [-0.1, -0.05) is 49.4 Å². The lowest BCUT2D eigenvalue weighted by molar-refractivity contribution is -0.122. The molecule has 31 heavy (non-hydrogen) atoms. The Morgan fingerprint density at radius 2 is 1.58 bits per heavy atom. The summed E-state index contributed by atoms with van der Waals surface area (Å²) in [6, 6.07) is 17.1. The molecular formula is C25H31N3O3. The summed E-state index contributed by atoms with van der Waals surface area (Å²) in [4.78, 5) is 38.9. The quantitative estimate of drug-likeness (QED) is 0.608. The first-order chi connectivity index (χ1) is 15.0. The van der Waals surface area contributed by atoms with Crippen LogP contribution in [0.25, 0.3) is 0 Å². The highest BCUT2D eigenvalue weighted by atomic mass is 16.2. The zero-order chi connectivity index (χ0) is 22.1. The van der Waals surface area contributed by atoms with Gasteiger partial charge in [-0.2, -0.15) is 0 Å². The normalized spacial score (nSPS) is 14.7. The van der Waals surface area contributed by atoms with Gasteiger partial charge in [-0.15, -0.1) is 0 Å². The van der Waals surface area contributed by atoms with Gasteiger partial charge >= 0.3 is 0 Å². The molecule has 0 spiro atoms. The number of nitrogens with one attached hydrogen (secondary N) is 2. The third-order valence-electron chi connectivity index (χ3n) is 5.64. The smallest absolute Gasteiger partial charge is 0.238 e. The predicted molar refractivity (Wildman–Crippen MR) is 122 cm³/mol. The summed E-state index contributed by atoms with van der Waals surface area (Å²) in [5.74, 6) is -0.116. The number of hydrogen-bond donors (Lipinski definition) is 2. The average molecular weight is 422 g/mol. The fourth-order valence-corrected chi connectivity index (χ4v) is 3.76. The average Bonchev–Trinajstić information content (AvgIpc) is 2.79. The summed E-state index contributed by atoms with van der Waals surface area (Å²) in [6.45, 7) is 3.94. The number of likely N-dealkylation sites (tertiary alicyclic amines) is 1. The molecule has 0 atom stereocenters. The van der Waals surface area contributed by atoms with Crippen molar-refractivity contribution in [2.75, 3.05) is 25.0 Å². The Kier molecular flexibility index (Phi) is 8.35. The maximum Gasteiger partial charge on any atom is 0.238 e. The van der Waals surface area contributed by atoms with E-state index in [2.05, 4.69) is 22.5 Å². The van der Waals surface area contributed by atoms with Crippen LogP contribution in [0.15, 0.2) is 54.6 Å². The van der Waals surface area contributed by atoms with Crippen LogP contribution < -0.4 is 10.6 Å². The Hall–Kier alpha value is -2.99. The first-order valence-corrected chi connectivity index (χ1v) is 11.0. The number of nitrogens with zero attached hydrogens (tertiary/aromatic N) is 1. The van der Waals surface area contributed by atoms with Crippen molar-refractivity contribution < 1.29 is 14.4 Å². The van der Waals surface area contributed by atoms with Crippen LogP contribution in [0.3, 0.4) is 0 Å². The number of para-hydroxylation sites is 1. The van der Waals surface area contributed by atoms with E-state index in [1.165, 1.54) is 5.56 Å². The summed E-state index contributed by atoms with van der Waals surface area (Å²) in [6.07, 6.45) is 2.96. The molecule has 1 saturated heterocycles. The SMILES string of the molecule is CCc1ccc(C(=O)CCC(=O)NC2CCN(CC(=O)Nc3ccccc3)CC2)cc1. The standard InChI is InChI=1S/C25H31N3O3/c1-2-19-8-10-20(11-9-19)23(29)12-13-24(30)26-22-14-16-28(17-15-22)18-25(31)27-21-6-4-3-5-7-21/h3-11,22H,2,12-18H2,1H3,(H,26,30)(H,27,31). The first-order valence-electron chi connectivity index (χ1n) is 11.0. The maximum absolute atomic E-state index is 12.3. The zero-order valence-corrected chi connectivity index (χ0v) is 18.1. The third-order valence-corrected chi connectivity index (χ3v) is 5.64. The van der Waals surface area contributed by atoms with Crippen LogP contribution in [0, 0.1) is 0 Å². The van der Waals surface area contributed by atoms with E-state index in [4.69, 9.17) is 0 Å². The molecule has 2 aromatic carbocycles. The number of piperidine rings is 1. The van der Waals surface area contributed by atoms with Gasteiger partial charge in [0.2, 0.25) is 11.8 Å². The second-order valence-electron chi connectivity index (χ2n) is 8.01. The van der Waals surface area contributed by atoms with E-state index >= 15 is 0 Å². The van der Waals surface area contributed by atoms with Crippen LogP contribution in [0.4, 0.5) is 5.69 Å². The van der Waals surface area contributed by atoms with Gasteiger partial charge in [-0.25, -0.2) is 0 Å². The topological polar surface area (TPSA) is 78.5 Å². The molecule has 0 aromatic heterocycles. The van der Waals surface area contributed by atoms with Crippen LogP contribution in [-0.2, 0) is 16.0 Å². The van der Waals surface area contributed by atoms with Gasteiger partial charge in [0.05, 0.1) is 6.54 Å². The first kappa shape index (κ1) is 22.7. The molecule has 1 fully saturated rings. The Labute approximate surface area is 184 Å². The molecule has 2 aromatic rings. The van der Waals surface area contributed by atoms with E-state index in [0.717, 1.165) is 38.0 Å². The van der Waals surface area contributed by atoms with Gasteiger partial charge in [0.1, 0.15) is 0 Å². The number of anilines is 1. The molecule has 0 aliphatic carbocycles. The van der Waals surface area contributed by atoms with Crippen molar-refractivity contribution in [3.05, 3.63) is 65.7 Å². The second-order valence-corrected chi connectivity index (χ2v) is 8.01. The molecular weight excluding hydrogens is 390 g/mol. The predicted octanol–water partition coefficient (Wildman–Crippen LogP) is 3.43. The number of ketones is 1. The van der Waals surface area contributed by atoms with E-state index < -0.39 is 0 Å². The van der Waals surface area contributed by atoms with Crippen LogP contribution in [0.1, 0.15) is 48.5 Å². The van der Waals surface area contributed by atoms with Crippen molar-refractivity contribution >= 4 is 23.3 Å². The highest BCUT2D eigenvalue weighted by Crippen LogP contribution is 2.13. The van der Waals surface area contributed by atoms with Crippen LogP contribution in [0.5, 0.6) is 0 Å². The summed E-state index contributed by atoms with van der Waals surface area (Å²) in [7, 11) is 0. The lowest BCUT2D eigenvalue weighted by atomic mass is 10.0. The Bertz CT molecular complexity index is 873. The molecule has 1 aliphatic rings. The van der Waals surface area contributed by atoms with Crippen LogP contribution >= 0.6 is 0 Å². The number of carbonyl (C=O) groups is 3. The minimum absolute atomic E-state index is 0.00273. The van der Waals surface area contributed by atoms with Crippen LogP contribution in [-0.4, -0.2) is 48.2 Å². The summed E-state index contributed by atoms with van der Waals surface area (Å²) in [5.41, 5.74) is 2.65. The number of carbonyl (C=O) groups excluding carboxylic acids is 3. The number of benzene rings is 2. The van der Waals surface area contributed by atoms with Gasteiger partial charge in [-0.05, 0) is 37.0 Å². The van der Waals surface area contributed by atoms with Gasteiger partial charge in [0, 0.05) is 43.2 Å². The fourth-order valence-electron chi connectivity index (χ4n) is 3.76. The molecule has 0 unspecified atom stereocenters. The summed E-state index contributed by atoms with van der Waals surface area (Å²) < 4.78 is 0. The minimum Gasteiger partial charge on any atom is -0.353 e. The van der Waals surface area contributed by atoms with Gasteiger partial charge in [0.25, 0.3) is 0 Å². The minimum atomic E-state index is -0.0844. The van der Waals surface area contributed by atoms with Crippen molar-refractivity contribution in [1.82, 2.24) is 10.2 Å². The lowest BCUT2D eigenvalue weighted by Gasteiger charge is -2.31. The Morgan fingerprint density at radius 3 is 2.23 bits per heavy atom.